The Labute approximate surface area is 123 Å². The maximum Gasteiger partial charge on any atom is 0.336 e. The van der Waals surface area contributed by atoms with Crippen molar-refractivity contribution in [3.8, 4) is 6.01 Å². The Morgan fingerprint density at radius 2 is 2.19 bits per heavy atom. The average Bonchev–Trinajstić information content (AvgIpc) is 3.06. The first kappa shape index (κ1) is 13.6. The summed E-state index contributed by atoms with van der Waals surface area (Å²) in [7, 11) is 1.43. The number of hydrogen-bond donors (Lipinski definition) is 3. The number of ether oxygens (including phenoxy) is 1. The van der Waals surface area contributed by atoms with Crippen molar-refractivity contribution in [3.63, 3.8) is 0 Å². The molecule has 1 fully saturated rings. The van der Waals surface area contributed by atoms with Gasteiger partial charge in [0.2, 0.25) is 11.9 Å². The third-order valence-corrected chi connectivity index (χ3v) is 3.90. The molecule has 0 aromatic carbocycles. The second-order valence-electron chi connectivity index (χ2n) is 4.55. The predicted octanol–water partition coefficient (Wildman–Crippen LogP) is 1.48. The van der Waals surface area contributed by atoms with Gasteiger partial charge in [-0.25, -0.2) is 5.10 Å². The van der Waals surface area contributed by atoms with Crippen LogP contribution in [0.1, 0.15) is 22.5 Å². The first-order chi connectivity index (χ1) is 10.2. The number of carbonyl (C=O) groups excluding carboxylic acids is 2. The lowest BCUT2D eigenvalue weighted by atomic mass is 10.4. The number of anilines is 2. The van der Waals surface area contributed by atoms with Crippen LogP contribution in [0, 0.1) is 5.92 Å². The second-order valence-corrected chi connectivity index (χ2v) is 5.64. The van der Waals surface area contributed by atoms with Crippen molar-refractivity contribution < 1.29 is 14.3 Å². The van der Waals surface area contributed by atoms with Crippen LogP contribution in [0.25, 0.3) is 0 Å². The molecule has 9 heteroatoms. The van der Waals surface area contributed by atoms with Crippen molar-refractivity contribution in [2.45, 2.75) is 12.8 Å². The van der Waals surface area contributed by atoms with E-state index in [2.05, 4.69) is 25.8 Å². The zero-order chi connectivity index (χ0) is 14.8. The number of nitrogens with zero attached hydrogens (tertiary/aromatic N) is 2. The van der Waals surface area contributed by atoms with Crippen LogP contribution in [0.3, 0.4) is 0 Å². The second kappa shape index (κ2) is 5.52. The van der Waals surface area contributed by atoms with Crippen LogP contribution >= 0.6 is 11.3 Å². The average molecular weight is 307 g/mol. The number of methoxy groups -OCH3 is 1. The van der Waals surface area contributed by atoms with Crippen molar-refractivity contribution in [1.29, 1.82) is 0 Å². The van der Waals surface area contributed by atoms with Gasteiger partial charge >= 0.3 is 6.01 Å². The van der Waals surface area contributed by atoms with Gasteiger partial charge in [0, 0.05) is 5.92 Å². The number of aromatic amines is 1. The Balaban J connectivity index is 1.61. The minimum Gasteiger partial charge on any atom is -0.466 e. The molecule has 2 aromatic rings. The number of amides is 2. The molecular weight excluding hydrogens is 294 g/mol. The van der Waals surface area contributed by atoms with E-state index in [0.717, 1.165) is 12.8 Å². The molecule has 0 spiro atoms. The highest BCUT2D eigenvalue weighted by Crippen LogP contribution is 2.31. The van der Waals surface area contributed by atoms with E-state index in [-0.39, 0.29) is 29.7 Å². The fraction of sp³-hybridized carbons (Fsp3) is 0.333. The lowest BCUT2D eigenvalue weighted by molar-refractivity contribution is -0.117. The van der Waals surface area contributed by atoms with Gasteiger partial charge in [-0.1, -0.05) is 0 Å². The Morgan fingerprint density at radius 3 is 2.86 bits per heavy atom. The molecular formula is C12H13N5O3S. The summed E-state index contributed by atoms with van der Waals surface area (Å²) >= 11 is 1.21. The SMILES string of the molecule is COc1n[nH]c(NC(=O)c2ccc(NC(=O)C3CC3)s2)n1. The molecule has 2 amide bonds. The van der Waals surface area contributed by atoms with Crippen molar-refractivity contribution in [1.82, 2.24) is 15.2 Å². The summed E-state index contributed by atoms with van der Waals surface area (Å²) in [6, 6.07) is 3.51. The van der Waals surface area contributed by atoms with E-state index in [1.54, 1.807) is 12.1 Å². The first-order valence-electron chi connectivity index (χ1n) is 6.34. The quantitative estimate of drug-likeness (QED) is 0.775. The summed E-state index contributed by atoms with van der Waals surface area (Å²) in [6.07, 6.45) is 1.88. The number of rotatable bonds is 5. The standard InChI is InChI=1S/C12H13N5O3S/c1-20-12-15-11(16-17-12)14-10(19)7-4-5-8(21-7)13-9(18)6-2-3-6/h4-6H,2-3H2,1H3,(H,13,18)(H2,14,15,16,17,19). The maximum atomic E-state index is 12.0. The molecule has 8 nitrogen and oxygen atoms in total. The van der Waals surface area contributed by atoms with Gasteiger partial charge in [0.1, 0.15) is 0 Å². The smallest absolute Gasteiger partial charge is 0.336 e. The topological polar surface area (TPSA) is 109 Å². The van der Waals surface area contributed by atoms with E-state index >= 15 is 0 Å². The third-order valence-electron chi connectivity index (χ3n) is 2.90. The Bertz CT molecular complexity index is 676. The van der Waals surface area contributed by atoms with E-state index in [4.69, 9.17) is 4.74 Å². The van der Waals surface area contributed by atoms with E-state index in [1.807, 2.05) is 0 Å². The van der Waals surface area contributed by atoms with Gasteiger partial charge in [-0.3, -0.25) is 14.9 Å². The molecule has 0 saturated heterocycles. The summed E-state index contributed by atoms with van der Waals surface area (Å²) < 4.78 is 4.81. The van der Waals surface area contributed by atoms with E-state index in [0.29, 0.717) is 9.88 Å². The van der Waals surface area contributed by atoms with Gasteiger partial charge < -0.3 is 10.1 Å². The van der Waals surface area contributed by atoms with Crippen molar-refractivity contribution in [2.24, 2.45) is 5.92 Å². The zero-order valence-electron chi connectivity index (χ0n) is 11.2. The zero-order valence-corrected chi connectivity index (χ0v) is 12.0. The molecule has 21 heavy (non-hydrogen) atoms. The van der Waals surface area contributed by atoms with E-state index < -0.39 is 0 Å². The molecule has 1 aliphatic rings. The summed E-state index contributed by atoms with van der Waals surface area (Å²) in [4.78, 5) is 28.0. The fourth-order valence-electron chi connectivity index (χ4n) is 1.66. The summed E-state index contributed by atoms with van der Waals surface area (Å²) in [5.41, 5.74) is 0. The van der Waals surface area contributed by atoms with Crippen LogP contribution in [-0.2, 0) is 4.79 Å². The van der Waals surface area contributed by atoms with Gasteiger partial charge in [-0.15, -0.1) is 16.4 Å². The minimum atomic E-state index is -0.328. The fourth-order valence-corrected chi connectivity index (χ4v) is 2.46. The lowest BCUT2D eigenvalue weighted by Crippen LogP contribution is -2.12. The molecule has 0 unspecified atom stereocenters. The molecule has 1 aliphatic carbocycles. The highest BCUT2D eigenvalue weighted by atomic mass is 32.1. The first-order valence-corrected chi connectivity index (χ1v) is 7.16. The number of nitrogens with one attached hydrogen (secondary N) is 3. The highest BCUT2D eigenvalue weighted by molar-refractivity contribution is 7.18. The van der Waals surface area contributed by atoms with Crippen LogP contribution in [0.4, 0.5) is 10.9 Å². The lowest BCUT2D eigenvalue weighted by Gasteiger charge is -1.99. The summed E-state index contributed by atoms with van der Waals surface area (Å²) in [6.45, 7) is 0. The molecule has 2 heterocycles. The third kappa shape index (κ3) is 3.19. The van der Waals surface area contributed by atoms with Crippen molar-refractivity contribution in [3.05, 3.63) is 17.0 Å². The molecule has 0 atom stereocenters. The van der Waals surface area contributed by atoms with Crippen LogP contribution in [0.15, 0.2) is 12.1 Å². The largest absolute Gasteiger partial charge is 0.466 e. The van der Waals surface area contributed by atoms with Gasteiger partial charge in [0.25, 0.3) is 5.91 Å². The number of aromatic nitrogens is 3. The van der Waals surface area contributed by atoms with Crippen molar-refractivity contribution in [2.75, 3.05) is 17.7 Å². The molecule has 3 rings (SSSR count). The normalized spacial score (nSPS) is 13.8. The number of H-pyrrole nitrogens is 1. The summed E-state index contributed by atoms with van der Waals surface area (Å²) in [5, 5.41) is 12.3. The maximum absolute atomic E-state index is 12.0. The van der Waals surface area contributed by atoms with Gasteiger partial charge in [0.05, 0.1) is 17.0 Å². The van der Waals surface area contributed by atoms with E-state index in [9.17, 15) is 9.59 Å². The van der Waals surface area contributed by atoms with Gasteiger partial charge in [-0.05, 0) is 25.0 Å². The van der Waals surface area contributed by atoms with Crippen LogP contribution in [0.5, 0.6) is 6.01 Å². The van der Waals surface area contributed by atoms with Crippen molar-refractivity contribution >= 4 is 34.1 Å². The summed E-state index contributed by atoms with van der Waals surface area (Å²) in [5.74, 6) is 0.0225. The Hall–Kier alpha value is -2.42. The molecule has 0 aliphatic heterocycles. The van der Waals surface area contributed by atoms with Gasteiger partial charge in [0.15, 0.2) is 0 Å². The molecule has 0 radical (unpaired) electrons. The molecule has 1 saturated carbocycles. The van der Waals surface area contributed by atoms with E-state index in [1.165, 1.54) is 18.4 Å². The number of carbonyl (C=O) groups is 2. The van der Waals surface area contributed by atoms with Crippen LogP contribution < -0.4 is 15.4 Å². The molecule has 0 bridgehead atoms. The predicted molar refractivity (Wildman–Crippen MR) is 76.6 cm³/mol. The van der Waals surface area contributed by atoms with Gasteiger partial charge in [-0.2, -0.15) is 4.98 Å². The monoisotopic (exact) mass is 307 g/mol. The molecule has 2 aromatic heterocycles. The Morgan fingerprint density at radius 1 is 1.38 bits per heavy atom. The van der Waals surface area contributed by atoms with Crippen LogP contribution in [-0.4, -0.2) is 34.1 Å². The van der Waals surface area contributed by atoms with Crippen LogP contribution in [0.2, 0.25) is 0 Å². The number of thiophene rings is 1. The molecule has 3 N–H and O–H groups in total. The minimum absolute atomic E-state index is 0.0174. The Kier molecular flexibility index (Phi) is 3.57. The molecule has 110 valence electrons. The number of hydrogen-bond acceptors (Lipinski definition) is 6. The highest BCUT2D eigenvalue weighted by Gasteiger charge is 2.29.